The van der Waals surface area contributed by atoms with Crippen molar-refractivity contribution in [3.8, 4) is 0 Å². The molecule has 2 rings (SSSR count). The molecule has 2 atom stereocenters. The van der Waals surface area contributed by atoms with Crippen molar-refractivity contribution in [3.63, 3.8) is 0 Å². The minimum absolute atomic E-state index is 0.217. The lowest BCUT2D eigenvalue weighted by atomic mass is 9.95. The van der Waals surface area contributed by atoms with E-state index in [1.54, 1.807) is 0 Å². The predicted octanol–water partition coefficient (Wildman–Crippen LogP) is 1.72. The van der Waals surface area contributed by atoms with Gasteiger partial charge in [-0.05, 0) is 32.1 Å². The fourth-order valence-corrected chi connectivity index (χ4v) is 3.87. The average Bonchev–Trinajstić information content (AvgIpc) is 2.53. The summed E-state index contributed by atoms with van der Waals surface area (Å²) in [5.74, 6) is -1.43. The molecule has 0 aromatic carbocycles. The lowest BCUT2D eigenvalue weighted by Gasteiger charge is -2.27. The van der Waals surface area contributed by atoms with Crippen LogP contribution in [-0.2, 0) is 19.6 Å². The Morgan fingerprint density at radius 1 is 1.22 bits per heavy atom. The highest BCUT2D eigenvalue weighted by molar-refractivity contribution is 7.85. The number of carbonyl (C=O) groups excluding carboxylic acids is 1. The smallest absolute Gasteiger partial charge is 0.313 e. The van der Waals surface area contributed by atoms with Gasteiger partial charge in [0.1, 0.15) is 6.10 Å². The molecular weight excluding hydrogens is 318 g/mol. The third-order valence-electron chi connectivity index (χ3n) is 4.47. The van der Waals surface area contributed by atoms with Crippen LogP contribution in [0.5, 0.6) is 0 Å². The Morgan fingerprint density at radius 2 is 1.96 bits per heavy atom. The van der Waals surface area contributed by atoms with Gasteiger partial charge in [-0.25, -0.2) is 8.42 Å². The summed E-state index contributed by atoms with van der Waals surface area (Å²) in [7, 11) is -4.44. The van der Waals surface area contributed by atoms with Crippen molar-refractivity contribution in [2.75, 3.05) is 12.3 Å². The maximum Gasteiger partial charge on any atom is 0.313 e. The van der Waals surface area contributed by atoms with E-state index in [0.29, 0.717) is 12.5 Å². The summed E-state index contributed by atoms with van der Waals surface area (Å²) in [6.07, 6.45) is 11.0. The molecule has 0 amide bonds. The Balaban J connectivity index is 1.88. The number of hydrogen-bond donors (Lipinski definition) is 1. The molecule has 0 spiro atoms. The van der Waals surface area contributed by atoms with E-state index in [2.05, 4.69) is 5.32 Å². The molecule has 2 aliphatic carbocycles. The molecule has 0 heterocycles. The van der Waals surface area contributed by atoms with Crippen LogP contribution in [0.15, 0.2) is 12.2 Å². The van der Waals surface area contributed by atoms with Gasteiger partial charge in [0, 0.05) is 12.6 Å². The summed E-state index contributed by atoms with van der Waals surface area (Å²) in [6, 6.07) is 0.314. The molecule has 7 heteroatoms. The molecule has 0 aromatic rings. The zero-order chi connectivity index (χ0) is 16.7. The molecule has 132 valence electrons. The van der Waals surface area contributed by atoms with E-state index in [1.807, 2.05) is 12.2 Å². The van der Waals surface area contributed by atoms with E-state index in [9.17, 15) is 17.8 Å². The summed E-state index contributed by atoms with van der Waals surface area (Å²) in [6.45, 7) is 0.217. The molecule has 0 bridgehead atoms. The van der Waals surface area contributed by atoms with Gasteiger partial charge >= 0.3 is 5.97 Å². The standard InChI is InChI=1S/C16H27NO5S/c18-16(13-7-3-1-4-8-13)22-15(12-23(19,20)21)11-17-14-9-5-2-6-10-14/h3,7,13-15,17H,1-2,4-6,8-12H2,(H,19,20,21)/p-1. The molecule has 0 saturated heterocycles. The minimum Gasteiger partial charge on any atom is -0.748 e. The molecule has 1 N–H and O–H groups in total. The van der Waals surface area contributed by atoms with Crippen molar-refractivity contribution in [1.29, 1.82) is 0 Å². The Morgan fingerprint density at radius 3 is 2.57 bits per heavy atom. The van der Waals surface area contributed by atoms with E-state index < -0.39 is 27.9 Å². The molecule has 1 fully saturated rings. The number of hydrogen-bond acceptors (Lipinski definition) is 6. The highest BCUT2D eigenvalue weighted by atomic mass is 32.2. The van der Waals surface area contributed by atoms with E-state index in [-0.39, 0.29) is 12.5 Å². The maximum atomic E-state index is 12.1. The highest BCUT2D eigenvalue weighted by Gasteiger charge is 2.25. The van der Waals surface area contributed by atoms with Crippen molar-refractivity contribution < 1.29 is 22.5 Å². The Hall–Kier alpha value is -0.920. The maximum absolute atomic E-state index is 12.1. The first-order valence-electron chi connectivity index (χ1n) is 8.48. The predicted molar refractivity (Wildman–Crippen MR) is 85.8 cm³/mol. The average molecular weight is 344 g/mol. The van der Waals surface area contributed by atoms with Crippen molar-refractivity contribution >= 4 is 16.1 Å². The molecule has 0 radical (unpaired) electrons. The van der Waals surface area contributed by atoms with Gasteiger partial charge in [0.25, 0.3) is 0 Å². The summed E-state index contributed by atoms with van der Waals surface area (Å²) in [4.78, 5) is 12.1. The van der Waals surface area contributed by atoms with Crippen LogP contribution in [0.1, 0.15) is 51.4 Å². The first kappa shape index (κ1) is 18.4. The number of nitrogens with one attached hydrogen (secondary N) is 1. The van der Waals surface area contributed by atoms with Crippen LogP contribution in [-0.4, -0.2) is 43.4 Å². The van der Waals surface area contributed by atoms with Crippen LogP contribution >= 0.6 is 0 Å². The molecule has 6 nitrogen and oxygen atoms in total. The normalized spacial score (nSPS) is 24.3. The largest absolute Gasteiger partial charge is 0.748 e. The van der Waals surface area contributed by atoms with Crippen molar-refractivity contribution in [2.24, 2.45) is 5.92 Å². The van der Waals surface area contributed by atoms with Gasteiger partial charge < -0.3 is 14.6 Å². The second kappa shape index (κ2) is 8.80. The molecule has 2 unspecified atom stereocenters. The number of allylic oxidation sites excluding steroid dienone is 1. The Kier molecular flexibility index (Phi) is 7.05. The van der Waals surface area contributed by atoms with Gasteiger partial charge in [-0.3, -0.25) is 4.79 Å². The molecule has 23 heavy (non-hydrogen) atoms. The van der Waals surface area contributed by atoms with Crippen LogP contribution in [0.25, 0.3) is 0 Å². The number of ether oxygens (including phenoxy) is 1. The van der Waals surface area contributed by atoms with Crippen LogP contribution < -0.4 is 5.32 Å². The molecule has 0 aliphatic heterocycles. The van der Waals surface area contributed by atoms with Gasteiger partial charge in [-0.2, -0.15) is 0 Å². The highest BCUT2D eigenvalue weighted by Crippen LogP contribution is 2.20. The van der Waals surface area contributed by atoms with Gasteiger partial charge in [-0.1, -0.05) is 31.4 Å². The molecule has 2 aliphatic rings. The van der Waals surface area contributed by atoms with Crippen LogP contribution in [0.2, 0.25) is 0 Å². The monoisotopic (exact) mass is 344 g/mol. The second-order valence-electron chi connectivity index (χ2n) is 6.49. The number of esters is 1. The third kappa shape index (κ3) is 7.01. The van der Waals surface area contributed by atoms with Crippen molar-refractivity contribution in [3.05, 3.63) is 12.2 Å². The van der Waals surface area contributed by atoms with Crippen molar-refractivity contribution in [2.45, 2.75) is 63.5 Å². The lowest BCUT2D eigenvalue weighted by Crippen LogP contribution is -2.42. The third-order valence-corrected chi connectivity index (χ3v) is 5.25. The van der Waals surface area contributed by atoms with Crippen LogP contribution in [0.4, 0.5) is 0 Å². The topological polar surface area (TPSA) is 95.5 Å². The molecule has 1 saturated carbocycles. The van der Waals surface area contributed by atoms with E-state index in [1.165, 1.54) is 6.42 Å². The summed E-state index contributed by atoms with van der Waals surface area (Å²) < 4.78 is 38.5. The SMILES string of the molecule is O=C(OC(CNC1CCCCC1)CS(=O)(=O)[O-])C1C=CCCC1. The summed E-state index contributed by atoms with van der Waals surface area (Å²) >= 11 is 0. The minimum atomic E-state index is -4.44. The molecule has 0 aromatic heterocycles. The zero-order valence-corrected chi connectivity index (χ0v) is 14.2. The van der Waals surface area contributed by atoms with E-state index >= 15 is 0 Å². The van der Waals surface area contributed by atoms with Crippen molar-refractivity contribution in [1.82, 2.24) is 5.32 Å². The number of carbonyl (C=O) groups is 1. The van der Waals surface area contributed by atoms with Gasteiger partial charge in [0.15, 0.2) is 0 Å². The first-order valence-corrected chi connectivity index (χ1v) is 10.1. The van der Waals surface area contributed by atoms with Gasteiger partial charge in [-0.15, -0.1) is 0 Å². The van der Waals surface area contributed by atoms with E-state index in [4.69, 9.17) is 4.74 Å². The fourth-order valence-electron chi connectivity index (χ4n) is 3.23. The zero-order valence-electron chi connectivity index (χ0n) is 13.4. The first-order chi connectivity index (χ1) is 10.9. The summed E-state index contributed by atoms with van der Waals surface area (Å²) in [5, 5.41) is 3.25. The van der Waals surface area contributed by atoms with E-state index in [0.717, 1.165) is 38.5 Å². The Labute approximate surface area is 138 Å². The van der Waals surface area contributed by atoms with Gasteiger partial charge in [0.05, 0.1) is 21.8 Å². The van der Waals surface area contributed by atoms with Gasteiger partial charge in [0.2, 0.25) is 0 Å². The fraction of sp³-hybridized carbons (Fsp3) is 0.812. The molecular formula is C16H26NO5S-. The van der Waals surface area contributed by atoms with Crippen LogP contribution in [0, 0.1) is 5.92 Å². The Bertz CT molecular complexity index is 511. The quantitative estimate of drug-likeness (QED) is 0.429. The second-order valence-corrected chi connectivity index (χ2v) is 7.94. The summed E-state index contributed by atoms with van der Waals surface area (Å²) in [5.41, 5.74) is 0. The number of rotatable bonds is 7. The lowest BCUT2D eigenvalue weighted by molar-refractivity contribution is -0.151. The van der Waals surface area contributed by atoms with Crippen LogP contribution in [0.3, 0.4) is 0 Å².